The van der Waals surface area contributed by atoms with Gasteiger partial charge in [-0.2, -0.15) is 0 Å². The summed E-state index contributed by atoms with van der Waals surface area (Å²) in [6.07, 6.45) is 1.01. The van der Waals surface area contributed by atoms with E-state index in [1.807, 2.05) is 13.0 Å². The zero-order valence-corrected chi connectivity index (χ0v) is 11.2. The molecular weight excluding hydrogens is 286 g/mol. The molecule has 1 aliphatic rings. The molecule has 0 fully saturated rings. The van der Waals surface area contributed by atoms with Crippen LogP contribution in [-0.4, -0.2) is 11.6 Å². The molecule has 0 N–H and O–H groups in total. The van der Waals surface area contributed by atoms with Gasteiger partial charge in [-0.1, -0.05) is 0 Å². The molecule has 2 heterocycles. The molecule has 3 rings (SSSR count). The number of ether oxygens (including phenoxy) is 1. The summed E-state index contributed by atoms with van der Waals surface area (Å²) in [5.74, 6) is 1.02. The predicted octanol–water partition coefficient (Wildman–Crippen LogP) is 3.82. The molecule has 0 spiro atoms. The topological polar surface area (TPSA) is 22.1 Å². The van der Waals surface area contributed by atoms with Gasteiger partial charge in [0.2, 0.25) is 0 Å². The molecule has 0 saturated heterocycles. The van der Waals surface area contributed by atoms with E-state index in [-0.39, 0.29) is 0 Å². The second kappa shape index (κ2) is 3.86. The fourth-order valence-corrected chi connectivity index (χ4v) is 3.16. The highest BCUT2D eigenvalue weighted by Gasteiger charge is 2.14. The molecule has 0 atom stereocenters. The monoisotopic (exact) mass is 295 g/mol. The molecule has 1 aromatic heterocycles. The molecule has 0 saturated carbocycles. The number of aryl methyl sites for hydroxylation is 1. The van der Waals surface area contributed by atoms with E-state index in [0.29, 0.717) is 0 Å². The van der Waals surface area contributed by atoms with Crippen molar-refractivity contribution < 1.29 is 4.74 Å². The van der Waals surface area contributed by atoms with Crippen LogP contribution in [0.15, 0.2) is 22.0 Å². The standard InChI is InChI=1S/C12H10BrNOS/c1-7-11(13)16-12(14-7)9-2-3-10-8(6-9)4-5-15-10/h2-3,6H,4-5H2,1H3. The third-order valence-corrected chi connectivity index (χ3v) is 4.73. The van der Waals surface area contributed by atoms with E-state index in [9.17, 15) is 0 Å². The Labute approximate surface area is 106 Å². The Hall–Kier alpha value is -0.870. The number of halogens is 1. The Kier molecular flexibility index (Phi) is 2.48. The highest BCUT2D eigenvalue weighted by atomic mass is 79.9. The van der Waals surface area contributed by atoms with Crippen molar-refractivity contribution in [3.8, 4) is 16.3 Å². The fourth-order valence-electron chi connectivity index (χ4n) is 1.82. The van der Waals surface area contributed by atoms with Crippen LogP contribution in [0.5, 0.6) is 5.75 Å². The molecule has 2 nitrogen and oxygen atoms in total. The molecule has 4 heteroatoms. The van der Waals surface area contributed by atoms with Crippen molar-refractivity contribution in [2.45, 2.75) is 13.3 Å². The molecule has 0 amide bonds. The van der Waals surface area contributed by atoms with E-state index >= 15 is 0 Å². The third-order valence-electron chi connectivity index (χ3n) is 2.68. The number of rotatable bonds is 1. The van der Waals surface area contributed by atoms with Gasteiger partial charge in [0.25, 0.3) is 0 Å². The van der Waals surface area contributed by atoms with Gasteiger partial charge in [-0.25, -0.2) is 4.98 Å². The number of nitrogens with zero attached hydrogens (tertiary/aromatic N) is 1. The van der Waals surface area contributed by atoms with Gasteiger partial charge < -0.3 is 4.74 Å². The summed E-state index contributed by atoms with van der Waals surface area (Å²) in [5, 5.41) is 1.07. The highest BCUT2D eigenvalue weighted by molar-refractivity contribution is 9.11. The zero-order chi connectivity index (χ0) is 11.1. The van der Waals surface area contributed by atoms with Crippen molar-refractivity contribution >= 4 is 27.3 Å². The molecule has 1 aliphatic heterocycles. The van der Waals surface area contributed by atoms with Crippen molar-refractivity contribution in [2.75, 3.05) is 6.61 Å². The summed E-state index contributed by atoms with van der Waals surface area (Å²) in [5.41, 5.74) is 3.53. The first-order chi connectivity index (χ1) is 7.74. The summed E-state index contributed by atoms with van der Waals surface area (Å²) in [7, 11) is 0. The van der Waals surface area contributed by atoms with Gasteiger partial charge in [0.05, 0.1) is 16.1 Å². The summed E-state index contributed by atoms with van der Waals surface area (Å²) in [6.45, 7) is 2.82. The van der Waals surface area contributed by atoms with Crippen molar-refractivity contribution in [2.24, 2.45) is 0 Å². The van der Waals surface area contributed by atoms with E-state index in [4.69, 9.17) is 4.74 Å². The van der Waals surface area contributed by atoms with Crippen molar-refractivity contribution in [3.05, 3.63) is 33.2 Å². The first kappa shape index (κ1) is 10.3. The summed E-state index contributed by atoms with van der Waals surface area (Å²) in [4.78, 5) is 4.54. The largest absolute Gasteiger partial charge is 0.493 e. The molecule has 0 bridgehead atoms. The van der Waals surface area contributed by atoms with Crippen LogP contribution in [0.4, 0.5) is 0 Å². The van der Waals surface area contributed by atoms with Crippen LogP contribution < -0.4 is 4.74 Å². The van der Waals surface area contributed by atoms with E-state index in [1.165, 1.54) is 11.1 Å². The molecule has 16 heavy (non-hydrogen) atoms. The van der Waals surface area contributed by atoms with Crippen LogP contribution in [0.3, 0.4) is 0 Å². The lowest BCUT2D eigenvalue weighted by Crippen LogP contribution is -1.85. The second-order valence-corrected chi connectivity index (χ2v) is 6.12. The Bertz CT molecular complexity index is 530. The lowest BCUT2D eigenvalue weighted by Gasteiger charge is -2.00. The fraction of sp³-hybridized carbons (Fsp3) is 0.250. The van der Waals surface area contributed by atoms with Gasteiger partial charge in [-0.3, -0.25) is 0 Å². The summed E-state index contributed by atoms with van der Waals surface area (Å²) in [6, 6.07) is 6.31. The van der Waals surface area contributed by atoms with Crippen molar-refractivity contribution in [1.82, 2.24) is 4.98 Å². The maximum Gasteiger partial charge on any atom is 0.124 e. The van der Waals surface area contributed by atoms with E-state index in [2.05, 4.69) is 33.0 Å². The van der Waals surface area contributed by atoms with E-state index in [0.717, 1.165) is 33.3 Å². The first-order valence-electron chi connectivity index (χ1n) is 5.13. The predicted molar refractivity (Wildman–Crippen MR) is 69.2 cm³/mol. The molecule has 0 radical (unpaired) electrons. The van der Waals surface area contributed by atoms with Gasteiger partial charge in [0.15, 0.2) is 0 Å². The van der Waals surface area contributed by atoms with Crippen molar-refractivity contribution in [3.63, 3.8) is 0 Å². The van der Waals surface area contributed by atoms with Gasteiger partial charge in [-0.05, 0) is 46.6 Å². The van der Waals surface area contributed by atoms with Gasteiger partial charge in [-0.15, -0.1) is 11.3 Å². The molecule has 0 aliphatic carbocycles. The number of thiazole rings is 1. The van der Waals surface area contributed by atoms with E-state index < -0.39 is 0 Å². The number of fused-ring (bicyclic) bond motifs is 1. The van der Waals surface area contributed by atoms with Gasteiger partial charge in [0, 0.05) is 12.0 Å². The average Bonchev–Trinajstić information content (AvgIpc) is 2.85. The molecule has 0 unspecified atom stereocenters. The molecule has 1 aromatic carbocycles. The van der Waals surface area contributed by atoms with Crippen LogP contribution in [-0.2, 0) is 6.42 Å². The smallest absolute Gasteiger partial charge is 0.124 e. The lowest BCUT2D eigenvalue weighted by atomic mass is 10.1. The minimum absolute atomic E-state index is 0.805. The van der Waals surface area contributed by atoms with Crippen LogP contribution in [0, 0.1) is 6.92 Å². The van der Waals surface area contributed by atoms with Crippen LogP contribution in [0.25, 0.3) is 10.6 Å². The number of benzene rings is 1. The van der Waals surface area contributed by atoms with Gasteiger partial charge in [0.1, 0.15) is 10.8 Å². The van der Waals surface area contributed by atoms with Crippen molar-refractivity contribution in [1.29, 1.82) is 0 Å². The second-order valence-electron chi connectivity index (χ2n) is 3.80. The minimum Gasteiger partial charge on any atom is -0.493 e. The van der Waals surface area contributed by atoms with Crippen LogP contribution in [0.2, 0.25) is 0 Å². The number of hydrogen-bond donors (Lipinski definition) is 0. The Morgan fingerprint density at radius 1 is 1.44 bits per heavy atom. The van der Waals surface area contributed by atoms with Gasteiger partial charge >= 0.3 is 0 Å². The molecule has 82 valence electrons. The maximum absolute atomic E-state index is 5.49. The Balaban J connectivity index is 2.07. The third kappa shape index (κ3) is 1.66. The van der Waals surface area contributed by atoms with Crippen LogP contribution in [0.1, 0.15) is 11.3 Å². The normalized spacial score (nSPS) is 13.6. The molecular formula is C12H10BrNOS. The van der Waals surface area contributed by atoms with Crippen LogP contribution >= 0.6 is 27.3 Å². The quantitative estimate of drug-likeness (QED) is 0.798. The Morgan fingerprint density at radius 2 is 2.31 bits per heavy atom. The highest BCUT2D eigenvalue weighted by Crippen LogP contribution is 2.35. The minimum atomic E-state index is 0.805. The Morgan fingerprint density at radius 3 is 3.06 bits per heavy atom. The average molecular weight is 296 g/mol. The summed E-state index contributed by atoms with van der Waals surface area (Å²) >= 11 is 5.18. The first-order valence-corrected chi connectivity index (χ1v) is 6.74. The number of hydrogen-bond acceptors (Lipinski definition) is 3. The van der Waals surface area contributed by atoms with E-state index in [1.54, 1.807) is 11.3 Å². The molecule has 2 aromatic rings. The SMILES string of the molecule is Cc1nc(-c2ccc3c(c2)CCO3)sc1Br. The summed E-state index contributed by atoms with van der Waals surface area (Å²) < 4.78 is 6.60. The zero-order valence-electron chi connectivity index (χ0n) is 8.79. The number of aromatic nitrogens is 1. The maximum atomic E-state index is 5.49. The lowest BCUT2D eigenvalue weighted by molar-refractivity contribution is 0.357.